The molecule has 5 nitrogen and oxygen atoms in total. The van der Waals surface area contributed by atoms with Gasteiger partial charge in [0.2, 0.25) is 0 Å². The first-order chi connectivity index (χ1) is 9.08. The number of anilines is 1. The standard InChI is InChI=1S/C14H19FN2O3/c1-13(2)8-16(9-14(3,4)20-13)11-5-10(15)6-12(7-11)17(18)19/h5-7H,8-9H2,1-4H3. The van der Waals surface area contributed by atoms with E-state index < -0.39 is 21.9 Å². The van der Waals surface area contributed by atoms with E-state index in [4.69, 9.17) is 4.74 Å². The molecule has 1 fully saturated rings. The van der Waals surface area contributed by atoms with Gasteiger partial charge >= 0.3 is 0 Å². The molecule has 0 radical (unpaired) electrons. The quantitative estimate of drug-likeness (QED) is 0.617. The van der Waals surface area contributed by atoms with E-state index in [1.54, 1.807) is 0 Å². The molecule has 1 saturated heterocycles. The second kappa shape index (κ2) is 4.70. The average molecular weight is 282 g/mol. The first-order valence-corrected chi connectivity index (χ1v) is 6.48. The maximum absolute atomic E-state index is 13.6. The Bertz CT molecular complexity index is 527. The predicted octanol–water partition coefficient (Wildman–Crippen LogP) is 3.13. The zero-order valence-corrected chi connectivity index (χ0v) is 12.1. The SMILES string of the molecule is CC1(C)CN(c2cc(F)cc([N+](=O)[O-])c2)CC(C)(C)O1. The number of nitro groups is 1. The summed E-state index contributed by atoms with van der Waals surface area (Å²) in [6.45, 7) is 8.92. The third-order valence-corrected chi connectivity index (χ3v) is 3.14. The summed E-state index contributed by atoms with van der Waals surface area (Å²) >= 11 is 0. The van der Waals surface area contributed by atoms with Crippen molar-refractivity contribution in [3.8, 4) is 0 Å². The molecule has 1 heterocycles. The summed E-state index contributed by atoms with van der Waals surface area (Å²) in [5.74, 6) is -0.601. The van der Waals surface area contributed by atoms with Crippen LogP contribution in [0, 0.1) is 15.9 Å². The molecule has 110 valence electrons. The van der Waals surface area contributed by atoms with Crippen LogP contribution >= 0.6 is 0 Å². The molecular formula is C14H19FN2O3. The summed E-state index contributed by atoms with van der Waals surface area (Å²) in [6.07, 6.45) is 0. The fourth-order valence-electron chi connectivity index (χ4n) is 2.82. The summed E-state index contributed by atoms with van der Waals surface area (Å²) in [5.41, 5.74) is -0.519. The number of ether oxygens (including phenoxy) is 1. The van der Waals surface area contributed by atoms with Gasteiger partial charge in [0.05, 0.1) is 22.2 Å². The van der Waals surface area contributed by atoms with Crippen LogP contribution in [0.1, 0.15) is 27.7 Å². The van der Waals surface area contributed by atoms with E-state index in [0.717, 1.165) is 6.07 Å². The van der Waals surface area contributed by atoms with Crippen LogP contribution < -0.4 is 4.90 Å². The van der Waals surface area contributed by atoms with Crippen LogP contribution in [-0.4, -0.2) is 29.2 Å². The summed E-state index contributed by atoms with van der Waals surface area (Å²) in [7, 11) is 0. The molecule has 0 bridgehead atoms. The van der Waals surface area contributed by atoms with Gasteiger partial charge in [0.1, 0.15) is 5.82 Å². The molecule has 0 saturated carbocycles. The van der Waals surface area contributed by atoms with Crippen molar-refractivity contribution in [2.24, 2.45) is 0 Å². The van der Waals surface area contributed by atoms with Gasteiger partial charge < -0.3 is 9.64 Å². The Labute approximate surface area is 117 Å². The van der Waals surface area contributed by atoms with Gasteiger partial charge in [0.15, 0.2) is 0 Å². The number of hydrogen-bond acceptors (Lipinski definition) is 4. The monoisotopic (exact) mass is 282 g/mol. The molecule has 6 heteroatoms. The number of non-ortho nitro benzene ring substituents is 1. The minimum atomic E-state index is -0.601. The Morgan fingerprint density at radius 2 is 1.75 bits per heavy atom. The van der Waals surface area contributed by atoms with Gasteiger partial charge in [-0.05, 0) is 33.8 Å². The molecule has 1 aromatic carbocycles. The lowest BCUT2D eigenvalue weighted by Gasteiger charge is -2.48. The highest BCUT2D eigenvalue weighted by Gasteiger charge is 2.38. The van der Waals surface area contributed by atoms with Crippen molar-refractivity contribution >= 4 is 11.4 Å². The molecule has 0 aromatic heterocycles. The molecule has 0 amide bonds. The fourth-order valence-corrected chi connectivity index (χ4v) is 2.82. The van der Waals surface area contributed by atoms with E-state index >= 15 is 0 Å². The summed E-state index contributed by atoms with van der Waals surface area (Å²) < 4.78 is 19.5. The van der Waals surface area contributed by atoms with Gasteiger partial charge in [-0.3, -0.25) is 10.1 Å². The molecule has 1 aliphatic heterocycles. The van der Waals surface area contributed by atoms with E-state index in [9.17, 15) is 14.5 Å². The van der Waals surface area contributed by atoms with E-state index in [-0.39, 0.29) is 5.69 Å². The lowest BCUT2D eigenvalue weighted by atomic mass is 9.98. The zero-order chi connectivity index (χ0) is 15.1. The van der Waals surface area contributed by atoms with Crippen molar-refractivity contribution in [2.45, 2.75) is 38.9 Å². The van der Waals surface area contributed by atoms with Crippen molar-refractivity contribution < 1.29 is 14.1 Å². The number of morpholine rings is 1. The third-order valence-electron chi connectivity index (χ3n) is 3.14. The summed E-state index contributed by atoms with van der Waals surface area (Å²) in [6, 6.07) is 3.66. The third kappa shape index (κ3) is 3.25. The maximum atomic E-state index is 13.6. The molecule has 0 aliphatic carbocycles. The number of hydrogen-bond donors (Lipinski definition) is 0. The van der Waals surface area contributed by atoms with Crippen molar-refractivity contribution in [1.29, 1.82) is 0 Å². The highest BCUT2D eigenvalue weighted by Crippen LogP contribution is 2.33. The molecule has 0 N–H and O–H groups in total. The van der Waals surface area contributed by atoms with Crippen LogP contribution in [0.25, 0.3) is 0 Å². The van der Waals surface area contributed by atoms with E-state index in [1.807, 2.05) is 32.6 Å². The Hall–Kier alpha value is -1.69. The molecule has 1 aliphatic rings. The van der Waals surface area contributed by atoms with Gasteiger partial charge in [-0.1, -0.05) is 0 Å². The molecule has 0 unspecified atom stereocenters. The van der Waals surface area contributed by atoms with E-state index in [1.165, 1.54) is 12.1 Å². The molecule has 2 rings (SSSR count). The Balaban J connectivity index is 2.38. The normalized spacial score (nSPS) is 20.8. The van der Waals surface area contributed by atoms with Gasteiger partial charge in [0.25, 0.3) is 5.69 Å². The summed E-state index contributed by atoms with van der Waals surface area (Å²) in [5, 5.41) is 10.8. The Kier molecular flexibility index (Phi) is 3.46. The summed E-state index contributed by atoms with van der Waals surface area (Å²) in [4.78, 5) is 12.2. The first kappa shape index (κ1) is 14.7. The van der Waals surface area contributed by atoms with Crippen molar-refractivity contribution in [1.82, 2.24) is 0 Å². The Morgan fingerprint density at radius 3 is 2.25 bits per heavy atom. The topological polar surface area (TPSA) is 55.6 Å². The van der Waals surface area contributed by atoms with Crippen molar-refractivity contribution in [2.75, 3.05) is 18.0 Å². The largest absolute Gasteiger partial charge is 0.366 e. The van der Waals surface area contributed by atoms with Gasteiger partial charge in [-0.25, -0.2) is 4.39 Å². The molecular weight excluding hydrogens is 263 g/mol. The highest BCUT2D eigenvalue weighted by atomic mass is 19.1. The van der Waals surface area contributed by atoms with Crippen LogP contribution in [0.5, 0.6) is 0 Å². The predicted molar refractivity (Wildman–Crippen MR) is 74.5 cm³/mol. The number of benzene rings is 1. The molecule has 20 heavy (non-hydrogen) atoms. The number of halogens is 1. The second-order valence-electron chi connectivity index (χ2n) is 6.40. The lowest BCUT2D eigenvalue weighted by molar-refractivity contribution is -0.385. The maximum Gasteiger partial charge on any atom is 0.274 e. The van der Waals surface area contributed by atoms with Gasteiger partial charge in [-0.2, -0.15) is 0 Å². The van der Waals surface area contributed by atoms with Crippen LogP contribution in [0.2, 0.25) is 0 Å². The molecule has 0 atom stereocenters. The van der Waals surface area contributed by atoms with E-state index in [2.05, 4.69) is 0 Å². The Morgan fingerprint density at radius 1 is 1.20 bits per heavy atom. The number of nitrogens with zero attached hydrogens (tertiary/aromatic N) is 2. The highest BCUT2D eigenvalue weighted by molar-refractivity contribution is 5.54. The van der Waals surface area contributed by atoms with Crippen LogP contribution in [0.15, 0.2) is 18.2 Å². The lowest BCUT2D eigenvalue weighted by Crippen LogP contribution is -2.57. The minimum Gasteiger partial charge on any atom is -0.366 e. The minimum absolute atomic E-state index is 0.234. The van der Waals surface area contributed by atoms with Crippen LogP contribution in [-0.2, 0) is 4.74 Å². The average Bonchev–Trinajstić information content (AvgIpc) is 2.23. The van der Waals surface area contributed by atoms with Crippen LogP contribution in [0.4, 0.5) is 15.8 Å². The van der Waals surface area contributed by atoms with Gasteiger partial charge in [-0.15, -0.1) is 0 Å². The smallest absolute Gasteiger partial charge is 0.274 e. The molecule has 1 aromatic rings. The van der Waals surface area contributed by atoms with Crippen molar-refractivity contribution in [3.63, 3.8) is 0 Å². The fraction of sp³-hybridized carbons (Fsp3) is 0.571. The first-order valence-electron chi connectivity index (χ1n) is 6.48. The van der Waals surface area contributed by atoms with Gasteiger partial charge in [0, 0.05) is 24.8 Å². The zero-order valence-electron chi connectivity index (χ0n) is 12.1. The number of nitro benzene ring substituents is 1. The number of rotatable bonds is 2. The molecule has 0 spiro atoms. The van der Waals surface area contributed by atoms with Crippen molar-refractivity contribution in [3.05, 3.63) is 34.1 Å². The van der Waals surface area contributed by atoms with Crippen LogP contribution in [0.3, 0.4) is 0 Å². The van der Waals surface area contributed by atoms with E-state index in [0.29, 0.717) is 18.8 Å². The second-order valence-corrected chi connectivity index (χ2v) is 6.40.